The first kappa shape index (κ1) is 17.0. The fourth-order valence-electron chi connectivity index (χ4n) is 2.95. The second-order valence-electron chi connectivity index (χ2n) is 5.49. The summed E-state index contributed by atoms with van der Waals surface area (Å²) in [6.45, 7) is 7.48. The van der Waals surface area contributed by atoms with Crippen molar-refractivity contribution < 1.29 is 4.74 Å². The van der Waals surface area contributed by atoms with Crippen LogP contribution in [0.4, 0.5) is 0 Å². The third-order valence-corrected chi connectivity index (χ3v) is 3.82. The molecular weight excluding hydrogens is 246 g/mol. The van der Waals surface area contributed by atoms with Gasteiger partial charge in [0.25, 0.3) is 0 Å². The molecule has 0 aliphatic carbocycles. The Hall–Kier alpha value is -1.02. The highest BCUT2D eigenvalue weighted by molar-refractivity contribution is 5.36. The van der Waals surface area contributed by atoms with E-state index in [0.29, 0.717) is 12.0 Å². The maximum atomic E-state index is 5.94. The summed E-state index contributed by atoms with van der Waals surface area (Å²) < 4.78 is 5.94. The summed E-state index contributed by atoms with van der Waals surface area (Å²) >= 11 is 0. The molecule has 0 bridgehead atoms. The van der Waals surface area contributed by atoms with Crippen LogP contribution in [0, 0.1) is 5.92 Å². The SMILES string of the molecule is CCCOc1ccccc1C(NC)C(CCC)CCC. The molecule has 0 aliphatic heterocycles. The van der Waals surface area contributed by atoms with Crippen LogP contribution in [0.2, 0.25) is 0 Å². The van der Waals surface area contributed by atoms with E-state index in [9.17, 15) is 0 Å². The van der Waals surface area contributed by atoms with Gasteiger partial charge in [-0.1, -0.05) is 51.8 Å². The molecule has 1 rings (SSSR count). The van der Waals surface area contributed by atoms with Crippen molar-refractivity contribution >= 4 is 0 Å². The van der Waals surface area contributed by atoms with Crippen molar-refractivity contribution in [1.29, 1.82) is 0 Å². The lowest BCUT2D eigenvalue weighted by molar-refractivity contribution is 0.290. The highest BCUT2D eigenvalue weighted by atomic mass is 16.5. The van der Waals surface area contributed by atoms with Crippen molar-refractivity contribution in [2.75, 3.05) is 13.7 Å². The third kappa shape index (κ3) is 4.82. The van der Waals surface area contributed by atoms with Gasteiger partial charge in [0.15, 0.2) is 0 Å². The van der Waals surface area contributed by atoms with E-state index in [-0.39, 0.29) is 0 Å². The van der Waals surface area contributed by atoms with Crippen LogP contribution in [0.1, 0.15) is 64.5 Å². The van der Waals surface area contributed by atoms with Gasteiger partial charge in [0.05, 0.1) is 6.61 Å². The number of hydrogen-bond acceptors (Lipinski definition) is 2. The van der Waals surface area contributed by atoms with Crippen molar-refractivity contribution in [1.82, 2.24) is 5.32 Å². The zero-order valence-corrected chi connectivity index (χ0v) is 13.6. The summed E-state index contributed by atoms with van der Waals surface area (Å²) in [6, 6.07) is 8.89. The molecular formula is C18H31NO. The van der Waals surface area contributed by atoms with E-state index in [4.69, 9.17) is 4.74 Å². The minimum absolute atomic E-state index is 0.392. The van der Waals surface area contributed by atoms with Gasteiger partial charge in [0.1, 0.15) is 5.75 Å². The molecule has 2 heteroatoms. The molecule has 20 heavy (non-hydrogen) atoms. The standard InChI is InChI=1S/C18H31NO/c1-5-10-15(11-6-2)18(19-4)16-12-8-9-13-17(16)20-14-7-3/h8-9,12-13,15,18-19H,5-7,10-11,14H2,1-4H3. The van der Waals surface area contributed by atoms with E-state index in [1.807, 2.05) is 0 Å². The lowest BCUT2D eigenvalue weighted by Gasteiger charge is -2.28. The number of nitrogens with one attached hydrogen (secondary N) is 1. The average molecular weight is 277 g/mol. The van der Waals surface area contributed by atoms with Gasteiger partial charge in [-0.15, -0.1) is 0 Å². The van der Waals surface area contributed by atoms with Gasteiger partial charge in [-0.25, -0.2) is 0 Å². The Morgan fingerprint density at radius 3 is 2.20 bits per heavy atom. The Morgan fingerprint density at radius 1 is 1.00 bits per heavy atom. The lowest BCUT2D eigenvalue weighted by Crippen LogP contribution is -2.26. The van der Waals surface area contributed by atoms with Crippen molar-refractivity contribution in [3.8, 4) is 5.75 Å². The van der Waals surface area contributed by atoms with Crippen molar-refractivity contribution in [3.63, 3.8) is 0 Å². The quantitative estimate of drug-likeness (QED) is 0.653. The van der Waals surface area contributed by atoms with Gasteiger partial charge >= 0.3 is 0 Å². The minimum atomic E-state index is 0.392. The first-order chi connectivity index (χ1) is 9.78. The van der Waals surface area contributed by atoms with Gasteiger partial charge in [0, 0.05) is 11.6 Å². The fourth-order valence-corrected chi connectivity index (χ4v) is 2.95. The fraction of sp³-hybridized carbons (Fsp3) is 0.667. The Morgan fingerprint density at radius 2 is 1.65 bits per heavy atom. The largest absolute Gasteiger partial charge is 0.493 e. The molecule has 0 radical (unpaired) electrons. The van der Waals surface area contributed by atoms with E-state index in [1.165, 1.54) is 31.2 Å². The van der Waals surface area contributed by atoms with Crippen LogP contribution in [0.3, 0.4) is 0 Å². The van der Waals surface area contributed by atoms with Gasteiger partial charge in [-0.2, -0.15) is 0 Å². The second kappa shape index (κ2) is 9.82. The molecule has 0 saturated carbocycles. The Labute approximate surface area is 124 Å². The molecule has 0 aromatic heterocycles. The number of benzene rings is 1. The van der Waals surface area contributed by atoms with Crippen LogP contribution in [-0.4, -0.2) is 13.7 Å². The lowest BCUT2D eigenvalue weighted by atomic mass is 9.86. The summed E-state index contributed by atoms with van der Waals surface area (Å²) in [6.07, 6.45) is 6.05. The molecule has 1 atom stereocenters. The number of rotatable bonds is 10. The maximum Gasteiger partial charge on any atom is 0.124 e. The Bertz CT molecular complexity index is 358. The summed E-state index contributed by atoms with van der Waals surface area (Å²) in [7, 11) is 2.07. The Kier molecular flexibility index (Phi) is 8.36. The number of ether oxygens (including phenoxy) is 1. The third-order valence-electron chi connectivity index (χ3n) is 3.82. The second-order valence-corrected chi connectivity index (χ2v) is 5.49. The average Bonchev–Trinajstić information content (AvgIpc) is 2.47. The molecule has 1 aromatic carbocycles. The van der Waals surface area contributed by atoms with E-state index in [1.54, 1.807) is 0 Å². The molecule has 1 unspecified atom stereocenters. The topological polar surface area (TPSA) is 21.3 Å². The molecule has 0 aliphatic rings. The monoisotopic (exact) mass is 277 g/mol. The smallest absolute Gasteiger partial charge is 0.124 e. The van der Waals surface area contributed by atoms with E-state index < -0.39 is 0 Å². The zero-order valence-electron chi connectivity index (χ0n) is 13.6. The summed E-state index contributed by atoms with van der Waals surface area (Å²) in [5.41, 5.74) is 1.32. The summed E-state index contributed by atoms with van der Waals surface area (Å²) in [4.78, 5) is 0. The number of para-hydroxylation sites is 1. The minimum Gasteiger partial charge on any atom is -0.493 e. The maximum absolute atomic E-state index is 5.94. The zero-order chi connectivity index (χ0) is 14.8. The molecule has 0 fully saturated rings. The first-order valence-corrected chi connectivity index (χ1v) is 8.17. The normalized spacial score (nSPS) is 12.7. The van der Waals surface area contributed by atoms with E-state index in [0.717, 1.165) is 18.8 Å². The van der Waals surface area contributed by atoms with Crippen molar-refractivity contribution in [2.45, 2.75) is 58.9 Å². The Balaban J connectivity index is 2.96. The highest BCUT2D eigenvalue weighted by Crippen LogP contribution is 2.34. The van der Waals surface area contributed by atoms with Gasteiger partial charge in [0.2, 0.25) is 0 Å². The van der Waals surface area contributed by atoms with Crippen LogP contribution in [-0.2, 0) is 0 Å². The van der Waals surface area contributed by atoms with Crippen molar-refractivity contribution in [3.05, 3.63) is 29.8 Å². The number of hydrogen-bond donors (Lipinski definition) is 1. The molecule has 0 heterocycles. The molecule has 0 saturated heterocycles. The van der Waals surface area contributed by atoms with Crippen molar-refractivity contribution in [2.24, 2.45) is 5.92 Å². The van der Waals surface area contributed by atoms with Crippen LogP contribution in [0.15, 0.2) is 24.3 Å². The molecule has 2 nitrogen and oxygen atoms in total. The van der Waals surface area contributed by atoms with Crippen LogP contribution >= 0.6 is 0 Å². The van der Waals surface area contributed by atoms with E-state index >= 15 is 0 Å². The molecule has 1 aromatic rings. The molecule has 1 N–H and O–H groups in total. The highest BCUT2D eigenvalue weighted by Gasteiger charge is 2.23. The summed E-state index contributed by atoms with van der Waals surface area (Å²) in [5.74, 6) is 1.73. The van der Waals surface area contributed by atoms with E-state index in [2.05, 4.69) is 57.4 Å². The van der Waals surface area contributed by atoms with Gasteiger partial charge in [-0.3, -0.25) is 0 Å². The molecule has 0 spiro atoms. The van der Waals surface area contributed by atoms with Gasteiger partial charge in [-0.05, 0) is 38.3 Å². The van der Waals surface area contributed by atoms with Crippen LogP contribution in [0.25, 0.3) is 0 Å². The van der Waals surface area contributed by atoms with Crippen LogP contribution in [0.5, 0.6) is 5.75 Å². The predicted molar refractivity (Wildman–Crippen MR) is 87.3 cm³/mol. The molecule has 0 amide bonds. The van der Waals surface area contributed by atoms with Crippen LogP contribution < -0.4 is 10.1 Å². The first-order valence-electron chi connectivity index (χ1n) is 8.17. The summed E-state index contributed by atoms with van der Waals surface area (Å²) in [5, 5.41) is 3.52. The molecule has 114 valence electrons. The van der Waals surface area contributed by atoms with Gasteiger partial charge < -0.3 is 10.1 Å². The predicted octanol–water partition coefficient (Wildman–Crippen LogP) is 4.95.